The average molecular weight is 442 g/mol. The van der Waals surface area contributed by atoms with Crippen LogP contribution >= 0.6 is 0 Å². The molecular weight excluding hydrogens is 426 g/mol. The first-order valence-corrected chi connectivity index (χ1v) is 10.9. The topological polar surface area (TPSA) is 52.6 Å². The third-order valence-corrected chi connectivity index (χ3v) is 8.88. The zero-order valence-corrected chi connectivity index (χ0v) is 16.2. The van der Waals surface area contributed by atoms with Gasteiger partial charge >= 0.3 is 148 Å². The van der Waals surface area contributed by atoms with Crippen LogP contribution in [0.2, 0.25) is 4.22 Å². The predicted octanol–water partition coefficient (Wildman–Crippen LogP) is 0.995. The summed E-state index contributed by atoms with van der Waals surface area (Å²) in [6.45, 7) is 0. The summed E-state index contributed by atoms with van der Waals surface area (Å²) in [5, 5.41) is 0. The minimum absolute atomic E-state index is 0.147. The van der Waals surface area contributed by atoms with Crippen molar-refractivity contribution in [3.63, 3.8) is 0 Å². The van der Waals surface area contributed by atoms with Gasteiger partial charge in [0.1, 0.15) is 0 Å². The molecule has 0 unspecified atom stereocenters. The molecule has 0 saturated carbocycles. The number of carbonyl (C=O) groups excluding carboxylic acids is 2. The second kappa shape index (κ2) is 8.90. The summed E-state index contributed by atoms with van der Waals surface area (Å²) in [6, 6.07) is 15.0. The Hall–Kier alpha value is -1.58. The van der Waals surface area contributed by atoms with Crippen LogP contribution in [0.4, 0.5) is 0 Å². The summed E-state index contributed by atoms with van der Waals surface area (Å²) in [4.78, 5) is 23.6. The Labute approximate surface area is 147 Å². The van der Waals surface area contributed by atoms with Crippen molar-refractivity contribution < 1.29 is 19.1 Å². The van der Waals surface area contributed by atoms with Crippen molar-refractivity contribution in [2.45, 2.75) is 4.22 Å². The molecular formula is C17H16O4Se2. The summed E-state index contributed by atoms with van der Waals surface area (Å²) in [7, 11) is 2.78. The summed E-state index contributed by atoms with van der Waals surface area (Å²) >= 11 is 0.294. The van der Waals surface area contributed by atoms with Gasteiger partial charge < -0.3 is 0 Å². The van der Waals surface area contributed by atoms with Crippen molar-refractivity contribution in [1.82, 2.24) is 0 Å². The summed E-state index contributed by atoms with van der Waals surface area (Å²) in [6.07, 6.45) is 0. The van der Waals surface area contributed by atoms with Crippen molar-refractivity contribution in [3.05, 3.63) is 59.7 Å². The van der Waals surface area contributed by atoms with E-state index in [4.69, 9.17) is 9.47 Å². The van der Waals surface area contributed by atoms with Crippen molar-refractivity contribution in [2.75, 3.05) is 14.2 Å². The first kappa shape index (κ1) is 17.8. The predicted molar refractivity (Wildman–Crippen MR) is 91.1 cm³/mol. The van der Waals surface area contributed by atoms with Crippen LogP contribution < -0.4 is 8.92 Å². The van der Waals surface area contributed by atoms with Crippen LogP contribution in [0.15, 0.2) is 48.5 Å². The van der Waals surface area contributed by atoms with E-state index >= 15 is 0 Å². The van der Waals surface area contributed by atoms with Gasteiger partial charge in [-0.3, -0.25) is 0 Å². The van der Waals surface area contributed by atoms with E-state index in [1.165, 1.54) is 14.2 Å². The zero-order valence-electron chi connectivity index (χ0n) is 12.8. The first-order valence-electron chi connectivity index (χ1n) is 6.77. The van der Waals surface area contributed by atoms with E-state index in [0.717, 1.165) is 13.1 Å². The van der Waals surface area contributed by atoms with E-state index < -0.39 is 0 Å². The fourth-order valence-electron chi connectivity index (χ4n) is 1.90. The van der Waals surface area contributed by atoms with Gasteiger partial charge in [-0.25, -0.2) is 0 Å². The molecule has 4 nitrogen and oxygen atoms in total. The van der Waals surface area contributed by atoms with Crippen LogP contribution in [0.1, 0.15) is 20.7 Å². The van der Waals surface area contributed by atoms with Gasteiger partial charge in [0.15, 0.2) is 0 Å². The molecule has 2 rings (SSSR count). The molecule has 0 aromatic heterocycles. The molecule has 0 saturated heterocycles. The Morgan fingerprint density at radius 1 is 0.783 bits per heavy atom. The molecule has 0 radical (unpaired) electrons. The Kier molecular flexibility index (Phi) is 6.87. The normalized spacial score (nSPS) is 10.2. The second-order valence-electron chi connectivity index (χ2n) is 4.38. The molecule has 0 atom stereocenters. The van der Waals surface area contributed by atoms with Crippen LogP contribution in [0, 0.1) is 0 Å². The fourth-order valence-corrected chi connectivity index (χ4v) is 7.99. The number of benzene rings is 2. The number of hydrogen-bond donors (Lipinski definition) is 0. The number of hydrogen-bond acceptors (Lipinski definition) is 4. The van der Waals surface area contributed by atoms with E-state index in [1.807, 2.05) is 36.4 Å². The van der Waals surface area contributed by atoms with Crippen molar-refractivity contribution in [2.24, 2.45) is 0 Å². The van der Waals surface area contributed by atoms with Crippen molar-refractivity contribution in [1.29, 1.82) is 0 Å². The minimum atomic E-state index is -0.301. The van der Waals surface area contributed by atoms with Gasteiger partial charge in [-0.05, 0) is 0 Å². The van der Waals surface area contributed by atoms with Crippen LogP contribution in [-0.4, -0.2) is 56.1 Å². The molecule has 23 heavy (non-hydrogen) atoms. The SMILES string of the molecule is COC(=O)c1ccccc1[Se]C[Se]c1ccccc1C(=O)OC. The summed E-state index contributed by atoms with van der Waals surface area (Å²) in [5.41, 5.74) is 1.26. The Bertz CT molecular complexity index is 641. The van der Waals surface area contributed by atoms with Crippen LogP contribution in [-0.2, 0) is 9.47 Å². The number of esters is 2. The van der Waals surface area contributed by atoms with Gasteiger partial charge in [-0.2, -0.15) is 0 Å². The third kappa shape index (κ3) is 4.69. The van der Waals surface area contributed by atoms with Crippen LogP contribution in [0.3, 0.4) is 0 Å². The van der Waals surface area contributed by atoms with E-state index in [9.17, 15) is 9.59 Å². The zero-order chi connectivity index (χ0) is 16.7. The number of ether oxygens (including phenoxy) is 2. The maximum absolute atomic E-state index is 11.8. The fraction of sp³-hybridized carbons (Fsp3) is 0.176. The molecule has 0 aliphatic rings. The number of rotatable bonds is 6. The van der Waals surface area contributed by atoms with Gasteiger partial charge in [-0.1, -0.05) is 0 Å². The molecule has 120 valence electrons. The van der Waals surface area contributed by atoms with Gasteiger partial charge in [-0.15, -0.1) is 0 Å². The van der Waals surface area contributed by atoms with Gasteiger partial charge in [0.2, 0.25) is 0 Å². The van der Waals surface area contributed by atoms with Crippen molar-refractivity contribution >= 4 is 50.8 Å². The van der Waals surface area contributed by atoms with E-state index in [2.05, 4.69) is 0 Å². The van der Waals surface area contributed by atoms with Crippen LogP contribution in [0.5, 0.6) is 0 Å². The van der Waals surface area contributed by atoms with Gasteiger partial charge in [0, 0.05) is 0 Å². The Morgan fingerprint density at radius 2 is 1.17 bits per heavy atom. The average Bonchev–Trinajstić information content (AvgIpc) is 2.61. The molecule has 0 bridgehead atoms. The summed E-state index contributed by atoms with van der Waals surface area (Å²) < 4.78 is 12.7. The third-order valence-electron chi connectivity index (χ3n) is 3.01. The van der Waals surface area contributed by atoms with E-state index in [0.29, 0.717) is 11.1 Å². The molecule has 0 fully saturated rings. The van der Waals surface area contributed by atoms with Crippen LogP contribution in [0.25, 0.3) is 0 Å². The molecule has 2 aromatic carbocycles. The quantitative estimate of drug-likeness (QED) is 0.495. The standard InChI is InChI=1S/C17H16O4Se2/c1-20-16(18)12-7-3-5-9-14(12)22-11-23-15-10-6-4-8-13(15)17(19)21-2/h3-10H,11H2,1-2H3. The number of carbonyl (C=O) groups is 2. The van der Waals surface area contributed by atoms with Gasteiger partial charge in [0.05, 0.1) is 0 Å². The second-order valence-corrected chi connectivity index (χ2v) is 10.5. The van der Waals surface area contributed by atoms with E-state index in [-0.39, 0.29) is 41.9 Å². The molecule has 0 spiro atoms. The maximum atomic E-state index is 11.8. The monoisotopic (exact) mass is 444 g/mol. The molecule has 6 heteroatoms. The Morgan fingerprint density at radius 3 is 1.57 bits per heavy atom. The summed E-state index contributed by atoms with van der Waals surface area (Å²) in [5.74, 6) is -0.602. The molecule has 0 amide bonds. The molecule has 0 N–H and O–H groups in total. The molecule has 0 heterocycles. The molecule has 2 aromatic rings. The molecule has 0 aliphatic heterocycles. The molecule has 0 aliphatic carbocycles. The Balaban J connectivity index is 2.07. The van der Waals surface area contributed by atoms with E-state index in [1.54, 1.807) is 12.1 Å². The van der Waals surface area contributed by atoms with Crippen molar-refractivity contribution in [3.8, 4) is 0 Å². The van der Waals surface area contributed by atoms with Gasteiger partial charge in [0.25, 0.3) is 0 Å². The first-order chi connectivity index (χ1) is 11.2. The number of methoxy groups -OCH3 is 2.